The lowest BCUT2D eigenvalue weighted by molar-refractivity contribution is -0.120. The molecule has 6 heteroatoms. The Kier molecular flexibility index (Phi) is 5.03. The van der Waals surface area contributed by atoms with E-state index < -0.39 is 0 Å². The molecule has 24 heavy (non-hydrogen) atoms. The van der Waals surface area contributed by atoms with E-state index in [0.717, 1.165) is 17.7 Å². The van der Waals surface area contributed by atoms with Gasteiger partial charge in [0.05, 0.1) is 12.1 Å². The second-order valence-electron chi connectivity index (χ2n) is 6.25. The maximum atomic E-state index is 11.9. The lowest BCUT2D eigenvalue weighted by Crippen LogP contribution is -2.26. The molecule has 0 radical (unpaired) electrons. The van der Waals surface area contributed by atoms with Gasteiger partial charge in [0.25, 0.3) is 0 Å². The van der Waals surface area contributed by atoms with Gasteiger partial charge in [0, 0.05) is 18.2 Å². The van der Waals surface area contributed by atoms with Crippen LogP contribution < -0.4 is 14.8 Å². The molecule has 0 bridgehead atoms. The molecule has 1 amide bonds. The van der Waals surface area contributed by atoms with Crippen LogP contribution in [0.25, 0.3) is 11.3 Å². The molecule has 0 saturated carbocycles. The molecular weight excluding hydrogens is 308 g/mol. The minimum absolute atomic E-state index is 0.0438. The monoisotopic (exact) mass is 330 g/mol. The van der Waals surface area contributed by atoms with E-state index in [-0.39, 0.29) is 12.3 Å². The summed E-state index contributed by atoms with van der Waals surface area (Å²) < 4.78 is 16.4. The highest BCUT2D eigenvalue weighted by Crippen LogP contribution is 2.34. The normalized spacial score (nSPS) is 13.1. The van der Waals surface area contributed by atoms with Crippen LogP contribution in [0.15, 0.2) is 28.8 Å². The summed E-state index contributed by atoms with van der Waals surface area (Å²) in [5.74, 6) is 2.56. The zero-order chi connectivity index (χ0) is 16.9. The highest BCUT2D eigenvalue weighted by molar-refractivity contribution is 5.78. The van der Waals surface area contributed by atoms with E-state index in [1.807, 2.05) is 18.2 Å². The van der Waals surface area contributed by atoms with Gasteiger partial charge in [-0.25, -0.2) is 0 Å². The molecular formula is C18H22N2O4. The number of carbonyl (C=O) groups is 1. The third-order valence-corrected chi connectivity index (χ3v) is 3.77. The van der Waals surface area contributed by atoms with Crippen LogP contribution in [0.4, 0.5) is 0 Å². The number of fused-ring (bicyclic) bond motifs is 1. The van der Waals surface area contributed by atoms with Crippen LogP contribution in [0.1, 0.15) is 26.0 Å². The average molecular weight is 330 g/mol. The Balaban J connectivity index is 1.62. The smallest absolute Gasteiger partial charge is 0.226 e. The van der Waals surface area contributed by atoms with Gasteiger partial charge >= 0.3 is 0 Å². The van der Waals surface area contributed by atoms with Gasteiger partial charge in [-0.05, 0) is 30.5 Å². The van der Waals surface area contributed by atoms with E-state index in [1.54, 1.807) is 6.07 Å². The summed E-state index contributed by atoms with van der Waals surface area (Å²) in [5, 5.41) is 6.88. The number of ether oxygens (including phenoxy) is 2. The van der Waals surface area contributed by atoms with E-state index in [9.17, 15) is 4.79 Å². The molecule has 0 spiro atoms. The Morgan fingerprint density at radius 2 is 2.00 bits per heavy atom. The number of carbonyl (C=O) groups excluding carboxylic acids is 1. The Labute approximate surface area is 141 Å². The van der Waals surface area contributed by atoms with Crippen LogP contribution in [0.2, 0.25) is 0 Å². The fourth-order valence-corrected chi connectivity index (χ4v) is 2.46. The minimum Gasteiger partial charge on any atom is -0.486 e. The molecule has 2 heterocycles. The lowest BCUT2D eigenvalue weighted by Gasteiger charge is -2.18. The number of benzene rings is 1. The van der Waals surface area contributed by atoms with Gasteiger partial charge in [-0.1, -0.05) is 19.0 Å². The number of aromatic nitrogens is 1. The first-order chi connectivity index (χ1) is 11.6. The van der Waals surface area contributed by atoms with Gasteiger partial charge in [0.2, 0.25) is 5.91 Å². The third kappa shape index (κ3) is 4.07. The van der Waals surface area contributed by atoms with Crippen LogP contribution in [-0.2, 0) is 11.2 Å². The van der Waals surface area contributed by atoms with E-state index in [2.05, 4.69) is 24.3 Å². The van der Waals surface area contributed by atoms with Crippen molar-refractivity contribution in [3.05, 3.63) is 30.0 Å². The van der Waals surface area contributed by atoms with E-state index >= 15 is 0 Å². The van der Waals surface area contributed by atoms with Crippen LogP contribution in [0.5, 0.6) is 11.5 Å². The molecule has 0 saturated heterocycles. The Bertz CT molecular complexity index is 709. The number of amides is 1. The first-order valence-electron chi connectivity index (χ1n) is 8.24. The molecule has 0 atom stereocenters. The topological polar surface area (TPSA) is 73.6 Å². The second-order valence-corrected chi connectivity index (χ2v) is 6.25. The third-order valence-electron chi connectivity index (χ3n) is 3.77. The fourth-order valence-electron chi connectivity index (χ4n) is 2.46. The molecule has 0 unspecified atom stereocenters. The van der Waals surface area contributed by atoms with Crippen molar-refractivity contribution in [3.63, 3.8) is 0 Å². The molecule has 2 aromatic rings. The summed E-state index contributed by atoms with van der Waals surface area (Å²) in [6, 6.07) is 7.39. The summed E-state index contributed by atoms with van der Waals surface area (Å²) in [7, 11) is 0. The Morgan fingerprint density at radius 3 is 2.79 bits per heavy atom. The number of rotatable bonds is 6. The molecule has 0 fully saturated rings. The van der Waals surface area contributed by atoms with Gasteiger partial charge in [0.1, 0.15) is 13.2 Å². The highest BCUT2D eigenvalue weighted by atomic mass is 16.6. The van der Waals surface area contributed by atoms with Gasteiger partial charge in [0.15, 0.2) is 17.3 Å². The van der Waals surface area contributed by atoms with Crippen LogP contribution in [0.3, 0.4) is 0 Å². The molecule has 128 valence electrons. The van der Waals surface area contributed by atoms with Crippen molar-refractivity contribution in [2.75, 3.05) is 19.8 Å². The number of nitrogens with one attached hydrogen (secondary N) is 1. The molecule has 1 aliphatic rings. The number of hydrogen-bond acceptors (Lipinski definition) is 5. The zero-order valence-electron chi connectivity index (χ0n) is 14.0. The summed E-state index contributed by atoms with van der Waals surface area (Å²) >= 11 is 0. The summed E-state index contributed by atoms with van der Waals surface area (Å²) in [5.41, 5.74) is 1.46. The highest BCUT2D eigenvalue weighted by Gasteiger charge is 2.15. The maximum absolute atomic E-state index is 11.9. The minimum atomic E-state index is -0.0438. The van der Waals surface area contributed by atoms with E-state index in [4.69, 9.17) is 14.0 Å². The van der Waals surface area contributed by atoms with Crippen molar-refractivity contribution in [2.24, 2.45) is 5.92 Å². The second kappa shape index (κ2) is 7.38. The Morgan fingerprint density at radius 1 is 1.21 bits per heavy atom. The summed E-state index contributed by atoms with van der Waals surface area (Å²) in [4.78, 5) is 11.9. The number of hydrogen-bond donors (Lipinski definition) is 1. The van der Waals surface area contributed by atoms with Crippen molar-refractivity contribution in [3.8, 4) is 22.8 Å². The predicted molar refractivity (Wildman–Crippen MR) is 89.1 cm³/mol. The maximum Gasteiger partial charge on any atom is 0.226 e. The van der Waals surface area contributed by atoms with E-state index in [1.165, 1.54) is 0 Å². The standard InChI is InChI=1S/C18H22N2O4/c1-12(2)5-6-19-18(21)11-14-10-16(24-20-14)13-3-4-15-17(9-13)23-8-7-22-15/h3-4,9-10,12H,5-8,11H2,1-2H3,(H,19,21). The van der Waals surface area contributed by atoms with Crippen LogP contribution in [0, 0.1) is 5.92 Å². The van der Waals surface area contributed by atoms with Crippen LogP contribution in [-0.4, -0.2) is 30.8 Å². The molecule has 3 rings (SSSR count). The molecule has 1 aromatic carbocycles. The van der Waals surface area contributed by atoms with Gasteiger partial charge in [-0.2, -0.15) is 0 Å². The summed E-state index contributed by atoms with van der Waals surface area (Å²) in [6.45, 7) is 6.04. The molecule has 1 N–H and O–H groups in total. The van der Waals surface area contributed by atoms with E-state index in [0.29, 0.717) is 42.9 Å². The Hall–Kier alpha value is -2.50. The number of nitrogens with zero attached hydrogens (tertiary/aromatic N) is 1. The average Bonchev–Trinajstić information content (AvgIpc) is 3.02. The fraction of sp³-hybridized carbons (Fsp3) is 0.444. The SMILES string of the molecule is CC(C)CCNC(=O)Cc1cc(-c2ccc3c(c2)OCCO3)on1. The van der Waals surface area contributed by atoms with Gasteiger partial charge in [-0.15, -0.1) is 0 Å². The van der Waals surface area contributed by atoms with Crippen molar-refractivity contribution in [1.82, 2.24) is 10.5 Å². The lowest BCUT2D eigenvalue weighted by atomic mass is 10.1. The zero-order valence-corrected chi connectivity index (χ0v) is 14.0. The molecule has 6 nitrogen and oxygen atoms in total. The first-order valence-corrected chi connectivity index (χ1v) is 8.24. The van der Waals surface area contributed by atoms with Crippen molar-refractivity contribution in [2.45, 2.75) is 26.7 Å². The summed E-state index contributed by atoms with van der Waals surface area (Å²) in [6.07, 6.45) is 1.18. The van der Waals surface area contributed by atoms with Crippen LogP contribution >= 0.6 is 0 Å². The van der Waals surface area contributed by atoms with Crippen molar-refractivity contribution in [1.29, 1.82) is 0 Å². The first kappa shape index (κ1) is 16.4. The quantitative estimate of drug-likeness (QED) is 0.881. The molecule has 1 aliphatic heterocycles. The van der Waals surface area contributed by atoms with Crippen molar-refractivity contribution < 1.29 is 18.8 Å². The molecule has 0 aliphatic carbocycles. The van der Waals surface area contributed by atoms with Crippen molar-refractivity contribution >= 4 is 5.91 Å². The molecule has 1 aromatic heterocycles. The van der Waals surface area contributed by atoms with Gasteiger partial charge in [-0.3, -0.25) is 4.79 Å². The largest absolute Gasteiger partial charge is 0.486 e. The predicted octanol–water partition coefficient (Wildman–Crippen LogP) is 2.82. The van der Waals surface area contributed by atoms with Gasteiger partial charge < -0.3 is 19.3 Å².